The number of carbonyl (C=O) groups excluding carboxylic acids is 1. The van der Waals surface area contributed by atoms with Crippen molar-refractivity contribution in [3.63, 3.8) is 0 Å². The fourth-order valence-electron chi connectivity index (χ4n) is 1.48. The van der Waals surface area contributed by atoms with Gasteiger partial charge in [0.25, 0.3) is 0 Å². The minimum Gasteiger partial charge on any atom is -0.372 e. The molecule has 3 nitrogen and oxygen atoms in total. The topological polar surface area (TPSA) is 56.0 Å². The van der Waals surface area contributed by atoms with E-state index in [-0.39, 0.29) is 12.2 Å². The van der Waals surface area contributed by atoms with Crippen molar-refractivity contribution < 1.29 is 9.18 Å². The van der Waals surface area contributed by atoms with Gasteiger partial charge in [-0.1, -0.05) is 12.1 Å². The predicted molar refractivity (Wildman–Crippen MR) is 68.4 cm³/mol. The molecule has 1 heterocycles. The van der Waals surface area contributed by atoms with Gasteiger partial charge in [-0.2, -0.15) is 0 Å². The number of nitrogens with two attached hydrogens (primary N) is 1. The maximum absolute atomic E-state index is 13.3. The monoisotopic (exact) mass is 246 g/mol. The van der Waals surface area contributed by atoms with Crippen LogP contribution in [0.3, 0.4) is 0 Å². The molecule has 2 rings (SSSR count). The third-order valence-electron chi connectivity index (χ3n) is 2.39. The molecule has 0 spiro atoms. The van der Waals surface area contributed by atoms with Gasteiger partial charge in [-0.05, 0) is 48.2 Å². The summed E-state index contributed by atoms with van der Waals surface area (Å²) in [7, 11) is 0. The van der Waals surface area contributed by atoms with Crippen LogP contribution in [0.4, 0.5) is 4.39 Å². The first kappa shape index (κ1) is 13.8. The molecule has 0 aliphatic carbocycles. The van der Waals surface area contributed by atoms with Crippen LogP contribution < -0.4 is 5.73 Å². The van der Waals surface area contributed by atoms with E-state index in [0.29, 0.717) is 5.56 Å². The third kappa shape index (κ3) is 4.33. The highest BCUT2D eigenvalue weighted by molar-refractivity contribution is 5.42. The zero-order chi connectivity index (χ0) is 13.4. The molecule has 0 fully saturated rings. The Labute approximate surface area is 105 Å². The van der Waals surface area contributed by atoms with Crippen molar-refractivity contribution in [2.75, 3.05) is 0 Å². The number of amides is 1. The summed E-state index contributed by atoms with van der Waals surface area (Å²) in [4.78, 5) is 12.5. The van der Waals surface area contributed by atoms with Crippen LogP contribution in [0.25, 0.3) is 0 Å². The third-order valence-corrected chi connectivity index (χ3v) is 2.39. The van der Waals surface area contributed by atoms with Crippen molar-refractivity contribution in [1.29, 1.82) is 0 Å². The van der Waals surface area contributed by atoms with Crippen LogP contribution in [0, 0.1) is 12.7 Å². The molecular weight excluding hydrogens is 231 g/mol. The van der Waals surface area contributed by atoms with Gasteiger partial charge in [-0.15, -0.1) is 0 Å². The normalized spacial score (nSPS) is 9.22. The molecule has 0 bridgehead atoms. The van der Waals surface area contributed by atoms with E-state index in [9.17, 15) is 4.39 Å². The van der Waals surface area contributed by atoms with Crippen LogP contribution in [-0.2, 0) is 11.2 Å². The summed E-state index contributed by atoms with van der Waals surface area (Å²) in [5.74, 6) is -0.137. The molecule has 94 valence electrons. The average molecular weight is 246 g/mol. The summed E-state index contributed by atoms with van der Waals surface area (Å²) in [6, 6.07) is 9.25. The summed E-state index contributed by atoms with van der Waals surface area (Å²) in [6.07, 6.45) is 4.50. The zero-order valence-electron chi connectivity index (χ0n) is 10.1. The minimum absolute atomic E-state index is 0.137. The van der Waals surface area contributed by atoms with Crippen molar-refractivity contribution in [3.8, 4) is 0 Å². The van der Waals surface area contributed by atoms with Gasteiger partial charge in [0.05, 0.1) is 0 Å². The number of hydrogen-bond donors (Lipinski definition) is 1. The van der Waals surface area contributed by atoms with Crippen molar-refractivity contribution in [1.82, 2.24) is 4.98 Å². The van der Waals surface area contributed by atoms with Crippen molar-refractivity contribution >= 4 is 6.41 Å². The first-order chi connectivity index (χ1) is 8.67. The summed E-state index contributed by atoms with van der Waals surface area (Å²) in [5, 5.41) is 0. The number of primary amides is 1. The highest BCUT2D eigenvalue weighted by atomic mass is 19.1. The molecule has 2 aromatic rings. The molecule has 0 radical (unpaired) electrons. The molecular formula is C14H15FN2O. The number of carbonyl (C=O) groups is 1. The van der Waals surface area contributed by atoms with Gasteiger partial charge in [0.2, 0.25) is 6.41 Å². The Morgan fingerprint density at radius 3 is 2.39 bits per heavy atom. The highest BCUT2D eigenvalue weighted by Crippen LogP contribution is 2.12. The van der Waals surface area contributed by atoms with E-state index >= 15 is 0 Å². The van der Waals surface area contributed by atoms with E-state index in [4.69, 9.17) is 4.79 Å². The molecule has 18 heavy (non-hydrogen) atoms. The molecule has 0 saturated carbocycles. The summed E-state index contributed by atoms with van der Waals surface area (Å²) in [6.45, 7) is 1.77. The van der Waals surface area contributed by atoms with E-state index in [1.807, 2.05) is 24.3 Å². The molecule has 1 amide bonds. The van der Waals surface area contributed by atoms with Crippen LogP contribution in [-0.4, -0.2) is 11.4 Å². The zero-order valence-corrected chi connectivity index (χ0v) is 10.1. The first-order valence-corrected chi connectivity index (χ1v) is 5.46. The van der Waals surface area contributed by atoms with Crippen LogP contribution in [0.5, 0.6) is 0 Å². The smallest absolute Gasteiger partial charge is 0.204 e. The van der Waals surface area contributed by atoms with Crippen molar-refractivity contribution in [3.05, 3.63) is 65.2 Å². The number of aromatic nitrogens is 1. The van der Waals surface area contributed by atoms with E-state index in [2.05, 4.69) is 10.7 Å². The lowest BCUT2D eigenvalue weighted by Gasteiger charge is -2.03. The Hall–Kier alpha value is -2.23. The Morgan fingerprint density at radius 1 is 1.22 bits per heavy atom. The van der Waals surface area contributed by atoms with Crippen LogP contribution >= 0.6 is 0 Å². The van der Waals surface area contributed by atoms with Gasteiger partial charge in [-0.3, -0.25) is 9.78 Å². The fourth-order valence-corrected chi connectivity index (χ4v) is 1.48. The molecule has 1 aromatic heterocycles. The van der Waals surface area contributed by atoms with Gasteiger partial charge >= 0.3 is 0 Å². The molecule has 0 atom stereocenters. The summed E-state index contributed by atoms with van der Waals surface area (Å²) < 4.78 is 13.3. The lowest BCUT2D eigenvalue weighted by molar-refractivity contribution is -0.106. The first-order valence-electron chi connectivity index (χ1n) is 5.46. The van der Waals surface area contributed by atoms with Crippen molar-refractivity contribution in [2.24, 2.45) is 5.73 Å². The molecule has 0 aliphatic heterocycles. The molecule has 0 aliphatic rings. The van der Waals surface area contributed by atoms with E-state index in [1.165, 1.54) is 0 Å². The number of nitrogens with zero attached hydrogens (tertiary/aromatic N) is 1. The van der Waals surface area contributed by atoms with Crippen LogP contribution in [0.15, 0.2) is 42.7 Å². The van der Waals surface area contributed by atoms with Gasteiger partial charge < -0.3 is 5.73 Å². The Balaban J connectivity index is 0.000000492. The van der Waals surface area contributed by atoms with E-state index in [1.54, 1.807) is 25.4 Å². The minimum atomic E-state index is -0.137. The molecule has 4 heteroatoms. The van der Waals surface area contributed by atoms with Gasteiger partial charge in [0.15, 0.2) is 0 Å². The Bertz CT molecular complexity index is 500. The quantitative estimate of drug-likeness (QED) is 0.826. The molecule has 0 unspecified atom stereocenters. The largest absolute Gasteiger partial charge is 0.372 e. The summed E-state index contributed by atoms with van der Waals surface area (Å²) >= 11 is 0. The van der Waals surface area contributed by atoms with Crippen molar-refractivity contribution in [2.45, 2.75) is 13.3 Å². The maximum Gasteiger partial charge on any atom is 0.204 e. The number of aryl methyl sites for hydroxylation is 1. The predicted octanol–water partition coefficient (Wildman–Crippen LogP) is 2.22. The SMILES string of the molecule is Cc1ccc(Cc2ccncc2)cc1F.NC=O. The maximum atomic E-state index is 13.3. The molecule has 0 saturated heterocycles. The number of benzene rings is 1. The van der Waals surface area contributed by atoms with E-state index < -0.39 is 0 Å². The Morgan fingerprint density at radius 2 is 1.83 bits per heavy atom. The van der Waals surface area contributed by atoms with E-state index in [0.717, 1.165) is 17.5 Å². The van der Waals surface area contributed by atoms with Crippen LogP contribution in [0.2, 0.25) is 0 Å². The second-order valence-corrected chi connectivity index (χ2v) is 3.75. The van der Waals surface area contributed by atoms with Crippen LogP contribution in [0.1, 0.15) is 16.7 Å². The highest BCUT2D eigenvalue weighted by Gasteiger charge is 2.00. The molecule has 2 N–H and O–H groups in total. The Kier molecular flexibility index (Phi) is 5.51. The van der Waals surface area contributed by atoms with Gasteiger partial charge in [0.1, 0.15) is 5.82 Å². The lowest BCUT2D eigenvalue weighted by Crippen LogP contribution is -1.91. The molecule has 1 aromatic carbocycles. The average Bonchev–Trinajstić information content (AvgIpc) is 2.36. The number of hydrogen-bond acceptors (Lipinski definition) is 2. The number of halogens is 1. The lowest BCUT2D eigenvalue weighted by atomic mass is 10.0. The van der Waals surface area contributed by atoms with Gasteiger partial charge in [0, 0.05) is 12.4 Å². The summed E-state index contributed by atoms with van der Waals surface area (Å²) in [5.41, 5.74) is 6.99. The second kappa shape index (κ2) is 7.17. The second-order valence-electron chi connectivity index (χ2n) is 3.75. The standard InChI is InChI=1S/C13H12FN.CH3NO/c1-10-2-3-12(9-13(10)14)8-11-4-6-15-7-5-11;2-1-3/h2-7,9H,8H2,1H3;1H,(H2,2,3). The fraction of sp³-hybridized carbons (Fsp3) is 0.143. The van der Waals surface area contributed by atoms with Gasteiger partial charge in [-0.25, -0.2) is 4.39 Å². The number of rotatable bonds is 2. The number of pyridine rings is 1.